The zero-order chi connectivity index (χ0) is 13.5. The van der Waals surface area contributed by atoms with Crippen LogP contribution in [-0.2, 0) is 4.74 Å². The summed E-state index contributed by atoms with van der Waals surface area (Å²) >= 11 is 0. The Morgan fingerprint density at radius 3 is 2.44 bits per heavy atom. The van der Waals surface area contributed by atoms with E-state index in [1.54, 1.807) is 7.11 Å². The van der Waals surface area contributed by atoms with Crippen molar-refractivity contribution in [3.8, 4) is 0 Å². The van der Waals surface area contributed by atoms with Gasteiger partial charge in [-0.2, -0.15) is 0 Å². The Morgan fingerprint density at radius 1 is 1.22 bits per heavy atom. The maximum absolute atomic E-state index is 5.21. The third-order valence-electron chi connectivity index (χ3n) is 3.31. The maximum Gasteiger partial charge on any atom is 0.0637 e. The Morgan fingerprint density at radius 2 is 1.89 bits per heavy atom. The van der Waals surface area contributed by atoms with Crippen LogP contribution >= 0.6 is 0 Å². The molecule has 0 spiro atoms. The number of rotatable bonds is 7. The molecule has 0 radical (unpaired) electrons. The van der Waals surface area contributed by atoms with Gasteiger partial charge in [0.2, 0.25) is 0 Å². The van der Waals surface area contributed by atoms with E-state index in [1.165, 1.54) is 11.3 Å². The van der Waals surface area contributed by atoms with E-state index in [4.69, 9.17) is 4.74 Å². The number of anilines is 1. The molecule has 1 aromatic rings. The van der Waals surface area contributed by atoms with E-state index in [2.05, 4.69) is 55.3 Å². The highest BCUT2D eigenvalue weighted by Gasteiger charge is 2.16. The first-order valence-electron chi connectivity index (χ1n) is 6.63. The first kappa shape index (κ1) is 15.0. The predicted molar refractivity (Wildman–Crippen MR) is 78.3 cm³/mol. The van der Waals surface area contributed by atoms with Gasteiger partial charge in [-0.15, -0.1) is 0 Å². The van der Waals surface area contributed by atoms with Crippen LogP contribution < -0.4 is 10.2 Å². The van der Waals surface area contributed by atoms with Gasteiger partial charge in [0.25, 0.3) is 0 Å². The summed E-state index contributed by atoms with van der Waals surface area (Å²) in [5.41, 5.74) is 2.64. The SMILES string of the molecule is CNC(C)c1ccccc1N(CCOC)C(C)C. The van der Waals surface area contributed by atoms with E-state index in [1.807, 2.05) is 7.05 Å². The summed E-state index contributed by atoms with van der Waals surface area (Å²) in [6, 6.07) is 9.40. The van der Waals surface area contributed by atoms with Gasteiger partial charge in [0.1, 0.15) is 0 Å². The zero-order valence-corrected chi connectivity index (χ0v) is 12.2. The summed E-state index contributed by atoms with van der Waals surface area (Å²) < 4.78 is 5.21. The quantitative estimate of drug-likeness (QED) is 0.805. The molecule has 1 unspecified atom stereocenters. The van der Waals surface area contributed by atoms with Gasteiger partial charge in [-0.05, 0) is 39.4 Å². The fourth-order valence-electron chi connectivity index (χ4n) is 2.12. The van der Waals surface area contributed by atoms with Crippen molar-refractivity contribution in [2.24, 2.45) is 0 Å². The second-order valence-corrected chi connectivity index (χ2v) is 4.85. The first-order chi connectivity index (χ1) is 8.61. The van der Waals surface area contributed by atoms with Gasteiger partial charge in [0, 0.05) is 31.4 Å². The van der Waals surface area contributed by atoms with E-state index < -0.39 is 0 Å². The van der Waals surface area contributed by atoms with E-state index in [0.29, 0.717) is 12.1 Å². The molecule has 1 atom stereocenters. The normalized spacial score (nSPS) is 12.8. The van der Waals surface area contributed by atoms with E-state index in [9.17, 15) is 0 Å². The van der Waals surface area contributed by atoms with Crippen LogP contribution in [0.3, 0.4) is 0 Å². The van der Waals surface area contributed by atoms with Gasteiger partial charge in [0.15, 0.2) is 0 Å². The predicted octanol–water partition coefficient (Wildman–Crippen LogP) is 2.83. The lowest BCUT2D eigenvalue weighted by Gasteiger charge is -2.32. The smallest absolute Gasteiger partial charge is 0.0637 e. The molecular formula is C15H26N2O. The standard InChI is InChI=1S/C15H26N2O/c1-12(2)17(10-11-18-5)15-9-7-6-8-14(15)13(3)16-4/h6-9,12-13,16H,10-11H2,1-5H3. The van der Waals surface area contributed by atoms with Crippen LogP contribution in [0, 0.1) is 0 Å². The van der Waals surface area contributed by atoms with Gasteiger partial charge in [-0.25, -0.2) is 0 Å². The fraction of sp³-hybridized carbons (Fsp3) is 0.600. The number of nitrogens with zero attached hydrogens (tertiary/aromatic N) is 1. The maximum atomic E-state index is 5.21. The van der Waals surface area contributed by atoms with Gasteiger partial charge < -0.3 is 15.0 Å². The van der Waals surface area contributed by atoms with E-state index in [0.717, 1.165) is 13.2 Å². The molecule has 0 aliphatic carbocycles. The Bertz CT molecular complexity index is 352. The van der Waals surface area contributed by atoms with Crippen LogP contribution in [0.2, 0.25) is 0 Å². The molecule has 3 nitrogen and oxygen atoms in total. The molecule has 1 aromatic carbocycles. The minimum atomic E-state index is 0.352. The fourth-order valence-corrected chi connectivity index (χ4v) is 2.12. The largest absolute Gasteiger partial charge is 0.383 e. The number of methoxy groups -OCH3 is 1. The minimum Gasteiger partial charge on any atom is -0.383 e. The molecule has 0 amide bonds. The van der Waals surface area contributed by atoms with Gasteiger partial charge in [-0.1, -0.05) is 18.2 Å². The summed E-state index contributed by atoms with van der Waals surface area (Å²) in [7, 11) is 3.75. The van der Waals surface area contributed by atoms with E-state index in [-0.39, 0.29) is 0 Å². The highest BCUT2D eigenvalue weighted by molar-refractivity contribution is 5.55. The molecular weight excluding hydrogens is 224 g/mol. The number of nitrogens with one attached hydrogen (secondary N) is 1. The molecule has 102 valence electrons. The highest BCUT2D eigenvalue weighted by Crippen LogP contribution is 2.27. The Kier molecular flexibility index (Phi) is 6.16. The van der Waals surface area contributed by atoms with Crippen LogP contribution in [-0.4, -0.2) is 33.4 Å². The number of ether oxygens (including phenoxy) is 1. The Hall–Kier alpha value is -1.06. The van der Waals surface area contributed by atoms with Crippen molar-refractivity contribution in [3.63, 3.8) is 0 Å². The average molecular weight is 250 g/mol. The molecule has 1 N–H and O–H groups in total. The topological polar surface area (TPSA) is 24.5 Å². The van der Waals surface area contributed by atoms with Crippen molar-refractivity contribution in [1.82, 2.24) is 5.32 Å². The molecule has 0 aliphatic rings. The third-order valence-corrected chi connectivity index (χ3v) is 3.31. The second-order valence-electron chi connectivity index (χ2n) is 4.85. The molecule has 0 fully saturated rings. The van der Waals surface area contributed by atoms with E-state index >= 15 is 0 Å². The molecule has 0 aliphatic heterocycles. The molecule has 3 heteroatoms. The van der Waals surface area contributed by atoms with Crippen molar-refractivity contribution >= 4 is 5.69 Å². The number of benzene rings is 1. The Balaban J connectivity index is 3.03. The molecule has 18 heavy (non-hydrogen) atoms. The van der Waals surface area contributed by atoms with Crippen LogP contribution in [0.1, 0.15) is 32.4 Å². The van der Waals surface area contributed by atoms with Gasteiger partial charge in [-0.3, -0.25) is 0 Å². The lowest BCUT2D eigenvalue weighted by atomic mass is 10.0. The number of para-hydroxylation sites is 1. The molecule has 0 saturated carbocycles. The van der Waals surface area contributed by atoms with Crippen LogP contribution in [0.25, 0.3) is 0 Å². The average Bonchev–Trinajstić information content (AvgIpc) is 2.38. The number of hydrogen-bond donors (Lipinski definition) is 1. The molecule has 0 heterocycles. The monoisotopic (exact) mass is 250 g/mol. The van der Waals surface area contributed by atoms with Crippen molar-refractivity contribution in [2.75, 3.05) is 32.2 Å². The minimum absolute atomic E-state index is 0.352. The first-order valence-corrected chi connectivity index (χ1v) is 6.63. The van der Waals surface area contributed by atoms with Crippen molar-refractivity contribution in [1.29, 1.82) is 0 Å². The van der Waals surface area contributed by atoms with Crippen LogP contribution in [0.4, 0.5) is 5.69 Å². The summed E-state index contributed by atoms with van der Waals surface area (Å²) in [5.74, 6) is 0. The summed E-state index contributed by atoms with van der Waals surface area (Å²) in [4.78, 5) is 2.40. The van der Waals surface area contributed by atoms with Crippen molar-refractivity contribution < 1.29 is 4.74 Å². The lowest BCUT2D eigenvalue weighted by molar-refractivity contribution is 0.203. The van der Waals surface area contributed by atoms with Gasteiger partial charge in [0.05, 0.1) is 6.61 Å². The lowest BCUT2D eigenvalue weighted by Crippen LogP contribution is -2.35. The number of hydrogen-bond acceptors (Lipinski definition) is 3. The molecule has 1 rings (SSSR count). The summed E-state index contributed by atoms with van der Waals surface area (Å²) in [6.07, 6.45) is 0. The molecule has 0 aromatic heterocycles. The molecule has 0 bridgehead atoms. The van der Waals surface area contributed by atoms with Gasteiger partial charge >= 0.3 is 0 Å². The second kappa shape index (κ2) is 7.39. The Labute approximate surface area is 111 Å². The summed E-state index contributed by atoms with van der Waals surface area (Å²) in [6.45, 7) is 8.29. The highest BCUT2D eigenvalue weighted by atomic mass is 16.5. The molecule has 0 saturated heterocycles. The van der Waals surface area contributed by atoms with Crippen LogP contribution in [0.15, 0.2) is 24.3 Å². The van der Waals surface area contributed by atoms with Crippen LogP contribution in [0.5, 0.6) is 0 Å². The third kappa shape index (κ3) is 3.72. The summed E-state index contributed by atoms with van der Waals surface area (Å²) in [5, 5.41) is 3.31. The van der Waals surface area contributed by atoms with Crippen molar-refractivity contribution in [2.45, 2.75) is 32.9 Å². The van der Waals surface area contributed by atoms with Crippen molar-refractivity contribution in [3.05, 3.63) is 29.8 Å². The zero-order valence-electron chi connectivity index (χ0n) is 12.2.